The van der Waals surface area contributed by atoms with Crippen molar-refractivity contribution in [3.05, 3.63) is 53.9 Å². The van der Waals surface area contributed by atoms with Gasteiger partial charge < -0.3 is 5.11 Å². The first kappa shape index (κ1) is 12.1. The van der Waals surface area contributed by atoms with Crippen molar-refractivity contribution in [3.8, 4) is 5.75 Å². The third-order valence-corrected chi connectivity index (χ3v) is 2.57. The first-order chi connectivity index (χ1) is 8.70. The molecule has 1 heterocycles. The fourth-order valence-electron chi connectivity index (χ4n) is 1.58. The van der Waals surface area contributed by atoms with E-state index in [1.54, 1.807) is 35.2 Å². The Kier molecular flexibility index (Phi) is 3.57. The third kappa shape index (κ3) is 2.66. The molecule has 0 unspecified atom stereocenters. The van der Waals surface area contributed by atoms with Gasteiger partial charge in [-0.1, -0.05) is 12.1 Å². The van der Waals surface area contributed by atoms with E-state index in [1.807, 2.05) is 13.1 Å². The number of ketones is 1. The Labute approximate surface area is 105 Å². The van der Waals surface area contributed by atoms with Crippen LogP contribution >= 0.6 is 0 Å². The Balaban J connectivity index is 2.14. The van der Waals surface area contributed by atoms with Crippen molar-refractivity contribution in [2.45, 2.75) is 13.5 Å². The lowest BCUT2D eigenvalue weighted by molar-refractivity contribution is 0.104. The van der Waals surface area contributed by atoms with E-state index in [4.69, 9.17) is 0 Å². The molecule has 92 valence electrons. The van der Waals surface area contributed by atoms with Crippen molar-refractivity contribution in [2.75, 3.05) is 0 Å². The van der Waals surface area contributed by atoms with Crippen molar-refractivity contribution in [3.63, 3.8) is 0 Å². The largest absolute Gasteiger partial charge is 0.507 e. The van der Waals surface area contributed by atoms with Gasteiger partial charge in [0.25, 0.3) is 0 Å². The van der Waals surface area contributed by atoms with Crippen molar-refractivity contribution in [1.29, 1.82) is 0 Å². The number of nitrogens with zero attached hydrogens (tertiary/aromatic N) is 2. The zero-order valence-corrected chi connectivity index (χ0v) is 10.1. The summed E-state index contributed by atoms with van der Waals surface area (Å²) in [6.45, 7) is 2.79. The summed E-state index contributed by atoms with van der Waals surface area (Å²) in [7, 11) is 0. The molecule has 1 N–H and O–H groups in total. The molecule has 0 bridgehead atoms. The SMILES string of the molecule is CCn1cc(C=CC(=O)c2ccccc2O)cn1. The summed E-state index contributed by atoms with van der Waals surface area (Å²) in [6.07, 6.45) is 6.67. The minimum absolute atomic E-state index is 0.00333. The number of carbonyl (C=O) groups excluding carboxylic acids is 1. The standard InChI is InChI=1S/C14H14N2O2/c1-2-16-10-11(9-15-16)7-8-14(18)12-5-3-4-6-13(12)17/h3-10,17H,2H2,1H3. The Morgan fingerprint density at radius 3 is 2.89 bits per heavy atom. The highest BCUT2D eigenvalue weighted by Crippen LogP contribution is 2.17. The average Bonchev–Trinajstić information content (AvgIpc) is 2.84. The quantitative estimate of drug-likeness (QED) is 0.662. The van der Waals surface area contributed by atoms with Crippen LogP contribution in [0.5, 0.6) is 5.75 Å². The van der Waals surface area contributed by atoms with E-state index in [9.17, 15) is 9.90 Å². The summed E-state index contributed by atoms with van der Waals surface area (Å²) >= 11 is 0. The maximum Gasteiger partial charge on any atom is 0.189 e. The van der Waals surface area contributed by atoms with Crippen LogP contribution in [0.25, 0.3) is 6.08 Å². The molecule has 0 radical (unpaired) electrons. The second-order valence-electron chi connectivity index (χ2n) is 3.84. The number of benzene rings is 1. The summed E-state index contributed by atoms with van der Waals surface area (Å²) in [5.74, 6) is -0.228. The number of phenolic OH excluding ortho intramolecular Hbond substituents is 1. The fraction of sp³-hybridized carbons (Fsp3) is 0.143. The average molecular weight is 242 g/mol. The number of aromatic nitrogens is 2. The van der Waals surface area contributed by atoms with Crippen LogP contribution < -0.4 is 0 Å². The minimum atomic E-state index is -0.225. The number of phenols is 1. The summed E-state index contributed by atoms with van der Waals surface area (Å²) in [5.41, 5.74) is 1.16. The number of hydrogen-bond donors (Lipinski definition) is 1. The lowest BCUT2D eigenvalue weighted by Crippen LogP contribution is -1.94. The highest BCUT2D eigenvalue weighted by atomic mass is 16.3. The summed E-state index contributed by atoms with van der Waals surface area (Å²) < 4.78 is 1.78. The van der Waals surface area contributed by atoms with Crippen molar-refractivity contribution in [2.24, 2.45) is 0 Å². The lowest BCUT2D eigenvalue weighted by atomic mass is 10.1. The van der Waals surface area contributed by atoms with Crippen LogP contribution in [0.2, 0.25) is 0 Å². The van der Waals surface area contributed by atoms with Gasteiger partial charge in [-0.25, -0.2) is 0 Å². The second kappa shape index (κ2) is 5.31. The maximum atomic E-state index is 11.8. The van der Waals surface area contributed by atoms with Crippen LogP contribution in [0.1, 0.15) is 22.8 Å². The number of hydrogen-bond acceptors (Lipinski definition) is 3. The highest BCUT2D eigenvalue weighted by Gasteiger charge is 2.06. The molecule has 0 fully saturated rings. The van der Waals surface area contributed by atoms with E-state index in [1.165, 1.54) is 12.1 Å². The van der Waals surface area contributed by atoms with Gasteiger partial charge >= 0.3 is 0 Å². The molecule has 0 aliphatic rings. The van der Waals surface area contributed by atoms with Gasteiger partial charge in [-0.15, -0.1) is 0 Å². The number of carbonyl (C=O) groups is 1. The number of para-hydroxylation sites is 1. The molecule has 1 aromatic carbocycles. The number of rotatable bonds is 4. The van der Waals surface area contributed by atoms with Gasteiger partial charge in [0.2, 0.25) is 0 Å². The van der Waals surface area contributed by atoms with Crippen molar-refractivity contribution >= 4 is 11.9 Å². The Hall–Kier alpha value is -2.36. The van der Waals surface area contributed by atoms with Gasteiger partial charge in [-0.3, -0.25) is 9.48 Å². The van der Waals surface area contributed by atoms with Crippen LogP contribution in [0.4, 0.5) is 0 Å². The van der Waals surface area contributed by atoms with Crippen LogP contribution in [0.3, 0.4) is 0 Å². The van der Waals surface area contributed by atoms with E-state index in [0.717, 1.165) is 12.1 Å². The van der Waals surface area contributed by atoms with E-state index >= 15 is 0 Å². The van der Waals surface area contributed by atoms with Gasteiger partial charge in [0.15, 0.2) is 5.78 Å². The van der Waals surface area contributed by atoms with Crippen LogP contribution in [0, 0.1) is 0 Å². The Bertz CT molecular complexity index is 585. The molecule has 0 atom stereocenters. The Morgan fingerprint density at radius 2 is 2.22 bits per heavy atom. The van der Waals surface area contributed by atoms with E-state index < -0.39 is 0 Å². The summed E-state index contributed by atoms with van der Waals surface area (Å²) in [6, 6.07) is 6.49. The molecule has 2 aromatic rings. The highest BCUT2D eigenvalue weighted by molar-refractivity contribution is 6.08. The predicted molar refractivity (Wildman–Crippen MR) is 69.4 cm³/mol. The van der Waals surface area contributed by atoms with E-state index in [2.05, 4.69) is 5.10 Å². The lowest BCUT2D eigenvalue weighted by Gasteiger charge is -1.98. The summed E-state index contributed by atoms with van der Waals surface area (Å²) in [4.78, 5) is 11.8. The first-order valence-electron chi connectivity index (χ1n) is 5.73. The smallest absolute Gasteiger partial charge is 0.189 e. The van der Waals surface area contributed by atoms with Gasteiger partial charge in [0.1, 0.15) is 5.75 Å². The summed E-state index contributed by atoms with van der Waals surface area (Å²) in [5, 5.41) is 13.7. The molecular formula is C14H14N2O2. The first-order valence-corrected chi connectivity index (χ1v) is 5.73. The van der Waals surface area contributed by atoms with Gasteiger partial charge in [0, 0.05) is 18.3 Å². The molecule has 0 saturated heterocycles. The monoisotopic (exact) mass is 242 g/mol. The van der Waals surface area contributed by atoms with Crippen molar-refractivity contribution < 1.29 is 9.90 Å². The molecule has 4 heteroatoms. The third-order valence-electron chi connectivity index (χ3n) is 2.57. The molecular weight excluding hydrogens is 228 g/mol. The zero-order valence-electron chi connectivity index (χ0n) is 10.1. The zero-order chi connectivity index (χ0) is 13.0. The normalized spacial score (nSPS) is 10.9. The van der Waals surface area contributed by atoms with E-state index in [-0.39, 0.29) is 11.5 Å². The number of aromatic hydroxyl groups is 1. The minimum Gasteiger partial charge on any atom is -0.507 e. The number of aryl methyl sites for hydroxylation is 1. The van der Waals surface area contributed by atoms with Crippen molar-refractivity contribution in [1.82, 2.24) is 9.78 Å². The molecule has 0 saturated carbocycles. The molecule has 0 amide bonds. The molecule has 0 spiro atoms. The van der Waals surface area contributed by atoms with Crippen LogP contribution in [-0.4, -0.2) is 20.7 Å². The van der Waals surface area contributed by atoms with Gasteiger partial charge in [-0.2, -0.15) is 5.10 Å². The molecule has 4 nitrogen and oxygen atoms in total. The molecule has 18 heavy (non-hydrogen) atoms. The molecule has 2 rings (SSSR count). The molecule has 0 aliphatic carbocycles. The number of allylic oxidation sites excluding steroid dienone is 1. The second-order valence-corrected chi connectivity index (χ2v) is 3.84. The molecule has 0 aliphatic heterocycles. The van der Waals surface area contributed by atoms with Gasteiger partial charge in [-0.05, 0) is 31.2 Å². The Morgan fingerprint density at radius 1 is 1.44 bits per heavy atom. The van der Waals surface area contributed by atoms with Crippen LogP contribution in [0.15, 0.2) is 42.7 Å². The fourth-order valence-corrected chi connectivity index (χ4v) is 1.58. The topological polar surface area (TPSA) is 55.1 Å². The molecule has 1 aromatic heterocycles. The predicted octanol–water partition coefficient (Wildman–Crippen LogP) is 2.50. The van der Waals surface area contributed by atoms with E-state index in [0.29, 0.717) is 5.56 Å². The van der Waals surface area contributed by atoms with Crippen LogP contribution in [-0.2, 0) is 6.54 Å². The van der Waals surface area contributed by atoms with Gasteiger partial charge in [0.05, 0.1) is 11.8 Å². The maximum absolute atomic E-state index is 11.8.